The van der Waals surface area contributed by atoms with Gasteiger partial charge in [-0.2, -0.15) is 0 Å². The van der Waals surface area contributed by atoms with Gasteiger partial charge in [0, 0.05) is 24.7 Å². The number of benzene rings is 1. The highest BCUT2D eigenvalue weighted by Gasteiger charge is 2.24. The topological polar surface area (TPSA) is 75.7 Å². The maximum Gasteiger partial charge on any atom is 0.329 e. The number of hydrogen-bond donors (Lipinski definition) is 1. The van der Waals surface area contributed by atoms with E-state index in [2.05, 4.69) is 5.32 Å². The first-order valence-corrected chi connectivity index (χ1v) is 8.01. The van der Waals surface area contributed by atoms with Crippen molar-refractivity contribution in [2.24, 2.45) is 5.92 Å². The van der Waals surface area contributed by atoms with E-state index in [4.69, 9.17) is 16.3 Å². The summed E-state index contributed by atoms with van der Waals surface area (Å²) in [6, 6.07) is 5.53. The molecule has 6 nitrogen and oxygen atoms in total. The van der Waals surface area contributed by atoms with Crippen LogP contribution in [-0.2, 0) is 14.3 Å². The highest BCUT2D eigenvalue weighted by atomic mass is 35.5. The fraction of sp³-hybridized carbons (Fsp3) is 0.471. The number of carbonyl (C=O) groups excluding carboxylic acids is 3. The largest absolute Gasteiger partial charge is 0.454 e. The molecule has 24 heavy (non-hydrogen) atoms. The lowest BCUT2D eigenvalue weighted by molar-refractivity contribution is -0.153. The summed E-state index contributed by atoms with van der Waals surface area (Å²) in [6.45, 7) is 3.51. The van der Waals surface area contributed by atoms with E-state index in [-0.39, 0.29) is 18.4 Å². The van der Waals surface area contributed by atoms with Crippen molar-refractivity contribution < 1.29 is 19.1 Å². The summed E-state index contributed by atoms with van der Waals surface area (Å²) in [5.74, 6) is -1.18. The number of amides is 2. The van der Waals surface area contributed by atoms with Crippen LogP contribution >= 0.6 is 11.6 Å². The lowest BCUT2D eigenvalue weighted by atomic mass is 10.0. The van der Waals surface area contributed by atoms with Gasteiger partial charge in [-0.05, 0) is 36.6 Å². The Morgan fingerprint density at radius 3 is 2.25 bits per heavy atom. The molecule has 132 valence electrons. The van der Waals surface area contributed by atoms with Gasteiger partial charge in [0.05, 0.1) is 0 Å². The van der Waals surface area contributed by atoms with Crippen LogP contribution in [0, 0.1) is 5.92 Å². The van der Waals surface area contributed by atoms with E-state index in [0.717, 1.165) is 0 Å². The average molecular weight is 355 g/mol. The van der Waals surface area contributed by atoms with E-state index < -0.39 is 17.9 Å². The van der Waals surface area contributed by atoms with E-state index in [1.165, 1.54) is 4.90 Å². The van der Waals surface area contributed by atoms with E-state index in [9.17, 15) is 14.4 Å². The van der Waals surface area contributed by atoms with Gasteiger partial charge < -0.3 is 15.0 Å². The van der Waals surface area contributed by atoms with Gasteiger partial charge in [-0.15, -0.1) is 0 Å². The number of rotatable bonds is 7. The molecule has 1 rings (SSSR count). The van der Waals surface area contributed by atoms with Crippen LogP contribution in [0.3, 0.4) is 0 Å². The molecule has 0 saturated carbocycles. The Kier molecular flexibility index (Phi) is 7.71. The molecule has 1 aromatic carbocycles. The average Bonchev–Trinajstić information content (AvgIpc) is 2.51. The van der Waals surface area contributed by atoms with E-state index in [1.807, 2.05) is 13.8 Å². The van der Waals surface area contributed by atoms with Crippen molar-refractivity contribution in [2.45, 2.75) is 26.3 Å². The van der Waals surface area contributed by atoms with E-state index in [1.54, 1.807) is 38.4 Å². The molecule has 7 heteroatoms. The molecule has 0 aliphatic rings. The zero-order valence-corrected chi connectivity index (χ0v) is 15.1. The molecule has 1 aromatic rings. The van der Waals surface area contributed by atoms with Crippen LogP contribution in [0.5, 0.6) is 0 Å². The van der Waals surface area contributed by atoms with Crippen LogP contribution in [0.15, 0.2) is 24.3 Å². The summed E-state index contributed by atoms with van der Waals surface area (Å²) in [6.07, 6.45) is 0.411. The molecule has 0 bridgehead atoms. The summed E-state index contributed by atoms with van der Waals surface area (Å²) >= 11 is 5.80. The third-order valence-corrected chi connectivity index (χ3v) is 3.49. The second kappa shape index (κ2) is 9.27. The second-order valence-corrected chi connectivity index (χ2v) is 6.49. The van der Waals surface area contributed by atoms with Gasteiger partial charge in [-0.1, -0.05) is 25.4 Å². The van der Waals surface area contributed by atoms with Crippen LogP contribution in [0.4, 0.5) is 0 Å². The zero-order valence-electron chi connectivity index (χ0n) is 14.3. The minimum absolute atomic E-state index is 0.164. The number of carbonyl (C=O) groups is 3. The van der Waals surface area contributed by atoms with Gasteiger partial charge in [0.2, 0.25) is 0 Å². The molecule has 2 amide bonds. The van der Waals surface area contributed by atoms with E-state index in [0.29, 0.717) is 17.0 Å². The maximum absolute atomic E-state index is 12.3. The molecule has 0 aliphatic carbocycles. The third kappa shape index (κ3) is 6.58. The molecule has 0 saturated heterocycles. The Balaban J connectivity index is 2.73. The molecule has 1 N–H and O–H groups in total. The fourth-order valence-corrected chi connectivity index (χ4v) is 2.02. The van der Waals surface area contributed by atoms with Crippen molar-refractivity contribution in [1.82, 2.24) is 10.2 Å². The number of esters is 1. The normalized spacial score (nSPS) is 11.8. The van der Waals surface area contributed by atoms with Gasteiger partial charge in [0.15, 0.2) is 6.61 Å². The van der Waals surface area contributed by atoms with Crippen LogP contribution < -0.4 is 5.32 Å². The summed E-state index contributed by atoms with van der Waals surface area (Å²) in [7, 11) is 3.15. The summed E-state index contributed by atoms with van der Waals surface area (Å²) in [5, 5.41) is 3.18. The molecule has 0 aromatic heterocycles. The Morgan fingerprint density at radius 1 is 1.17 bits per heavy atom. The number of hydrogen-bond acceptors (Lipinski definition) is 4. The Hall–Kier alpha value is -2.08. The first-order chi connectivity index (χ1) is 11.2. The molecule has 0 spiro atoms. The molecule has 0 fully saturated rings. The molecular weight excluding hydrogens is 332 g/mol. The molecule has 0 heterocycles. The highest BCUT2D eigenvalue weighted by molar-refractivity contribution is 6.30. The molecule has 0 aliphatic heterocycles. The third-order valence-electron chi connectivity index (χ3n) is 3.24. The van der Waals surface area contributed by atoms with Gasteiger partial charge in [-0.25, -0.2) is 4.79 Å². The molecule has 0 unspecified atom stereocenters. The Bertz CT molecular complexity index is 585. The Labute approximate surface area is 147 Å². The summed E-state index contributed by atoms with van der Waals surface area (Å²) < 4.78 is 5.02. The number of halogens is 1. The van der Waals surface area contributed by atoms with Gasteiger partial charge in [0.25, 0.3) is 11.8 Å². The minimum atomic E-state index is -0.817. The van der Waals surface area contributed by atoms with Crippen molar-refractivity contribution >= 4 is 29.4 Å². The van der Waals surface area contributed by atoms with Gasteiger partial charge in [-0.3, -0.25) is 9.59 Å². The second-order valence-electron chi connectivity index (χ2n) is 6.06. The van der Waals surface area contributed by atoms with Crippen molar-refractivity contribution in [3.8, 4) is 0 Å². The van der Waals surface area contributed by atoms with Crippen molar-refractivity contribution in [1.29, 1.82) is 0 Å². The SMILES string of the molecule is CC(C)C[C@@H](NC(=O)c1ccc(Cl)cc1)C(=O)OCC(=O)N(C)C. The van der Waals surface area contributed by atoms with Crippen LogP contribution in [-0.4, -0.2) is 49.4 Å². The monoisotopic (exact) mass is 354 g/mol. The van der Waals surface area contributed by atoms with Crippen LogP contribution in [0.2, 0.25) is 5.02 Å². The predicted molar refractivity (Wildman–Crippen MR) is 91.8 cm³/mol. The van der Waals surface area contributed by atoms with Crippen molar-refractivity contribution in [2.75, 3.05) is 20.7 Å². The Morgan fingerprint density at radius 2 is 1.75 bits per heavy atom. The number of likely N-dealkylation sites (N-methyl/N-ethyl adjacent to an activating group) is 1. The maximum atomic E-state index is 12.3. The predicted octanol–water partition coefficient (Wildman–Crippen LogP) is 2.12. The summed E-state index contributed by atoms with van der Waals surface area (Å²) in [5.41, 5.74) is 0.394. The van der Waals surface area contributed by atoms with Crippen molar-refractivity contribution in [3.63, 3.8) is 0 Å². The lowest BCUT2D eigenvalue weighted by Crippen LogP contribution is -2.43. The smallest absolute Gasteiger partial charge is 0.329 e. The molecule has 1 atom stereocenters. The standard InChI is InChI=1S/C17H23ClN2O4/c1-11(2)9-14(17(23)24-10-15(21)20(3)4)19-16(22)12-5-7-13(18)8-6-12/h5-8,11,14H,9-10H2,1-4H3,(H,19,22)/t14-/m1/s1. The number of nitrogens with one attached hydrogen (secondary N) is 1. The molecular formula is C17H23ClN2O4. The number of nitrogens with zero attached hydrogens (tertiary/aromatic N) is 1. The van der Waals surface area contributed by atoms with Crippen molar-refractivity contribution in [3.05, 3.63) is 34.9 Å². The quantitative estimate of drug-likeness (QED) is 0.761. The van der Waals surface area contributed by atoms with Gasteiger partial charge in [0.1, 0.15) is 6.04 Å². The summed E-state index contributed by atoms with van der Waals surface area (Å²) in [4.78, 5) is 37.3. The van der Waals surface area contributed by atoms with Crippen LogP contribution in [0.25, 0.3) is 0 Å². The van der Waals surface area contributed by atoms with E-state index >= 15 is 0 Å². The highest BCUT2D eigenvalue weighted by Crippen LogP contribution is 2.11. The van der Waals surface area contributed by atoms with Crippen LogP contribution in [0.1, 0.15) is 30.6 Å². The fourth-order valence-electron chi connectivity index (χ4n) is 1.89. The first-order valence-electron chi connectivity index (χ1n) is 7.64. The number of ether oxygens (including phenoxy) is 1. The zero-order chi connectivity index (χ0) is 18.3. The first kappa shape index (κ1) is 20.0. The lowest BCUT2D eigenvalue weighted by Gasteiger charge is -2.20. The molecule has 0 radical (unpaired) electrons. The minimum Gasteiger partial charge on any atom is -0.454 e. The van der Waals surface area contributed by atoms with Gasteiger partial charge >= 0.3 is 5.97 Å².